The molecule has 0 aliphatic heterocycles. The van der Waals surface area contributed by atoms with Gasteiger partial charge in [0.25, 0.3) is 5.56 Å². The fourth-order valence-corrected chi connectivity index (χ4v) is 2.69. The quantitative estimate of drug-likeness (QED) is 0.592. The van der Waals surface area contributed by atoms with Gasteiger partial charge in [-0.3, -0.25) is 4.79 Å². The van der Waals surface area contributed by atoms with Crippen LogP contribution in [0, 0.1) is 0 Å². The molecular formula is C12H7Cl2F3N4O2S. The van der Waals surface area contributed by atoms with E-state index in [9.17, 15) is 22.8 Å². The molecule has 0 amide bonds. The summed E-state index contributed by atoms with van der Waals surface area (Å²) in [5, 5.41) is -0.136. The Labute approximate surface area is 147 Å². The van der Waals surface area contributed by atoms with Crippen LogP contribution in [-0.4, -0.2) is 14.2 Å². The van der Waals surface area contributed by atoms with Crippen LogP contribution in [0.5, 0.6) is 0 Å². The smallest absolute Gasteiger partial charge is 0.389 e. The van der Waals surface area contributed by atoms with Gasteiger partial charge in [0.2, 0.25) is 0 Å². The largest absolute Gasteiger partial charge is 0.433 e. The molecule has 6 nitrogen and oxygen atoms in total. The zero-order valence-corrected chi connectivity index (χ0v) is 13.7. The molecule has 0 aliphatic carbocycles. The molecule has 0 radical (unpaired) electrons. The van der Waals surface area contributed by atoms with Crippen LogP contribution in [0.15, 0.2) is 27.8 Å². The molecule has 12 heteroatoms. The summed E-state index contributed by atoms with van der Waals surface area (Å²) in [6, 6.07) is 2.44. The van der Waals surface area contributed by atoms with E-state index < -0.39 is 23.1 Å². The minimum absolute atomic E-state index is 0.0456. The Morgan fingerprint density at radius 1 is 1.12 bits per heavy atom. The lowest BCUT2D eigenvalue weighted by Crippen LogP contribution is -2.45. The number of nitrogens with zero attached hydrogens (tertiary/aromatic N) is 2. The summed E-state index contributed by atoms with van der Waals surface area (Å²) in [7, 11) is 0. The van der Waals surface area contributed by atoms with Crippen molar-refractivity contribution in [3.63, 3.8) is 0 Å². The highest BCUT2D eigenvalue weighted by Crippen LogP contribution is 2.28. The van der Waals surface area contributed by atoms with E-state index >= 15 is 0 Å². The Kier molecular flexibility index (Phi) is 4.66. The molecule has 0 saturated carbocycles. The van der Waals surface area contributed by atoms with Crippen LogP contribution >= 0.6 is 35.4 Å². The van der Waals surface area contributed by atoms with Crippen LogP contribution in [-0.2, 0) is 6.18 Å². The van der Waals surface area contributed by atoms with E-state index in [4.69, 9.17) is 47.0 Å². The Balaban J connectivity index is 2.88. The molecule has 0 spiro atoms. The second kappa shape index (κ2) is 6.11. The maximum Gasteiger partial charge on any atom is 0.433 e. The Bertz CT molecular complexity index is 968. The normalized spacial score (nSPS) is 11.5. The van der Waals surface area contributed by atoms with Gasteiger partial charge >= 0.3 is 11.9 Å². The maximum atomic E-state index is 12.8. The van der Waals surface area contributed by atoms with Gasteiger partial charge in [0.05, 0.1) is 15.7 Å². The Morgan fingerprint density at radius 3 is 2.21 bits per heavy atom. The van der Waals surface area contributed by atoms with Crippen molar-refractivity contribution >= 4 is 40.4 Å². The maximum absolute atomic E-state index is 12.8. The number of halogens is 5. The van der Waals surface area contributed by atoms with E-state index in [1.807, 2.05) is 0 Å². The second-order valence-electron chi connectivity index (χ2n) is 4.50. The van der Waals surface area contributed by atoms with Crippen molar-refractivity contribution < 1.29 is 13.2 Å². The highest BCUT2D eigenvalue weighted by atomic mass is 35.5. The number of hydrogen-bond acceptors (Lipinski definition) is 4. The fourth-order valence-electron chi connectivity index (χ4n) is 1.89. The summed E-state index contributed by atoms with van der Waals surface area (Å²) in [5.41, 5.74) is 0.946. The lowest BCUT2D eigenvalue weighted by Gasteiger charge is -2.15. The number of rotatable bonds is 2. The minimum Gasteiger partial charge on any atom is -0.389 e. The highest BCUT2D eigenvalue weighted by Gasteiger charge is 2.36. The zero-order valence-electron chi connectivity index (χ0n) is 11.4. The average Bonchev–Trinajstić information content (AvgIpc) is 2.43. The van der Waals surface area contributed by atoms with Crippen LogP contribution in [0.1, 0.15) is 11.3 Å². The molecule has 4 N–H and O–H groups in total. The third kappa shape index (κ3) is 3.12. The number of benzene rings is 1. The molecule has 1 aromatic heterocycles. The van der Waals surface area contributed by atoms with Gasteiger partial charge in [0.15, 0.2) is 5.69 Å². The first-order valence-corrected chi connectivity index (χ1v) is 7.12. The number of nitrogen functional groups attached to an aromatic ring is 1. The molecule has 2 rings (SSSR count). The Morgan fingerprint density at radius 2 is 1.71 bits per heavy atom. The minimum atomic E-state index is -4.99. The van der Waals surface area contributed by atoms with E-state index in [2.05, 4.69) is 0 Å². The molecular weight excluding hydrogens is 392 g/mol. The molecule has 1 heterocycles. The van der Waals surface area contributed by atoms with Gasteiger partial charge in [0.1, 0.15) is 4.99 Å². The lowest BCUT2D eigenvalue weighted by atomic mass is 10.2. The van der Waals surface area contributed by atoms with Crippen LogP contribution < -0.4 is 22.8 Å². The topological polar surface area (TPSA) is 96.0 Å². The third-order valence-corrected chi connectivity index (χ3v) is 3.81. The first-order chi connectivity index (χ1) is 10.9. The third-order valence-electron chi connectivity index (χ3n) is 2.97. The van der Waals surface area contributed by atoms with Crippen LogP contribution in [0.25, 0.3) is 5.69 Å². The summed E-state index contributed by atoms with van der Waals surface area (Å²) in [6.45, 7) is 0. The monoisotopic (exact) mass is 398 g/mol. The molecule has 1 aromatic carbocycles. The molecule has 24 heavy (non-hydrogen) atoms. The molecule has 0 aliphatic rings. The summed E-state index contributed by atoms with van der Waals surface area (Å²) >= 11 is 16.6. The van der Waals surface area contributed by atoms with E-state index in [1.54, 1.807) is 0 Å². The number of hydrogen-bond donors (Lipinski definition) is 2. The molecule has 0 bridgehead atoms. The van der Waals surface area contributed by atoms with E-state index in [0.29, 0.717) is 4.57 Å². The molecule has 0 atom stereocenters. The van der Waals surface area contributed by atoms with Crippen molar-refractivity contribution in [2.75, 3.05) is 5.84 Å². The van der Waals surface area contributed by atoms with Crippen molar-refractivity contribution in [3.05, 3.63) is 60.3 Å². The first-order valence-electron chi connectivity index (χ1n) is 5.95. The Hall–Kier alpha value is -2.04. The number of thiocarbonyl (C=S) groups is 1. The SMILES string of the molecule is NC(=S)c1cc(-n2c(=O)cc(C(F)(F)F)n(N)c2=O)c(Cl)cc1Cl. The van der Waals surface area contributed by atoms with Crippen molar-refractivity contribution in [3.8, 4) is 5.69 Å². The number of nitrogens with two attached hydrogens (primary N) is 2. The van der Waals surface area contributed by atoms with Gasteiger partial charge in [-0.25, -0.2) is 14.0 Å². The van der Waals surface area contributed by atoms with E-state index in [1.165, 1.54) is 0 Å². The van der Waals surface area contributed by atoms with Crippen molar-refractivity contribution in [1.82, 2.24) is 9.24 Å². The van der Waals surface area contributed by atoms with Crippen LogP contribution in [0.4, 0.5) is 13.2 Å². The van der Waals surface area contributed by atoms with Gasteiger partial charge < -0.3 is 11.6 Å². The second-order valence-corrected chi connectivity index (χ2v) is 5.76. The van der Waals surface area contributed by atoms with E-state index in [-0.39, 0.29) is 37.0 Å². The molecule has 0 unspecified atom stereocenters. The number of alkyl halides is 3. The molecule has 0 saturated heterocycles. The fraction of sp³-hybridized carbons (Fsp3) is 0.0833. The summed E-state index contributed by atoms with van der Waals surface area (Å²) in [5.74, 6) is 5.16. The highest BCUT2D eigenvalue weighted by molar-refractivity contribution is 7.80. The van der Waals surface area contributed by atoms with Gasteiger partial charge in [0, 0.05) is 11.6 Å². The number of aromatic nitrogens is 2. The summed E-state index contributed by atoms with van der Waals surface area (Å²) in [4.78, 5) is 24.0. The summed E-state index contributed by atoms with van der Waals surface area (Å²) in [6.07, 6.45) is -4.99. The summed E-state index contributed by atoms with van der Waals surface area (Å²) < 4.78 is 38.5. The predicted octanol–water partition coefficient (Wildman–Crippen LogP) is 1.67. The van der Waals surface area contributed by atoms with Gasteiger partial charge in [-0.05, 0) is 12.1 Å². The molecule has 2 aromatic rings. The molecule has 0 fully saturated rings. The van der Waals surface area contributed by atoms with Gasteiger partial charge in [-0.15, -0.1) is 0 Å². The van der Waals surface area contributed by atoms with Gasteiger partial charge in [-0.1, -0.05) is 35.4 Å². The van der Waals surface area contributed by atoms with Crippen molar-refractivity contribution in [2.24, 2.45) is 5.73 Å². The van der Waals surface area contributed by atoms with E-state index in [0.717, 1.165) is 12.1 Å². The van der Waals surface area contributed by atoms with Crippen molar-refractivity contribution in [1.29, 1.82) is 0 Å². The molecule has 128 valence electrons. The first kappa shape index (κ1) is 18.3. The average molecular weight is 399 g/mol. The van der Waals surface area contributed by atoms with Crippen LogP contribution in [0.3, 0.4) is 0 Å². The van der Waals surface area contributed by atoms with Gasteiger partial charge in [-0.2, -0.15) is 13.2 Å². The van der Waals surface area contributed by atoms with Crippen LogP contribution in [0.2, 0.25) is 10.0 Å². The lowest BCUT2D eigenvalue weighted by molar-refractivity contribution is -0.143. The van der Waals surface area contributed by atoms with Crippen molar-refractivity contribution in [2.45, 2.75) is 6.18 Å². The predicted molar refractivity (Wildman–Crippen MR) is 87.4 cm³/mol. The standard InChI is InChI=1S/C12H7Cl2F3N4O2S/c13-5-2-6(14)7(1-4(5)10(18)24)20-9(22)3-8(12(15,16)17)21(19)11(20)23/h1-3H,19H2,(H2,18,24). The zero-order chi connectivity index (χ0) is 18.4.